The zero-order valence-electron chi connectivity index (χ0n) is 15.3. The Morgan fingerprint density at radius 1 is 1.03 bits per heavy atom. The van der Waals surface area contributed by atoms with Crippen molar-refractivity contribution in [2.75, 3.05) is 11.6 Å². The van der Waals surface area contributed by atoms with Gasteiger partial charge in [-0.3, -0.25) is 0 Å². The summed E-state index contributed by atoms with van der Waals surface area (Å²) >= 11 is 7.52. The Hall–Kier alpha value is -3.03. The quantitative estimate of drug-likeness (QED) is 0.426. The minimum absolute atomic E-state index is 0.410. The van der Waals surface area contributed by atoms with Gasteiger partial charge in [0.05, 0.1) is 0 Å². The van der Waals surface area contributed by atoms with E-state index >= 15 is 0 Å². The first-order chi connectivity index (χ1) is 14.2. The van der Waals surface area contributed by atoms with Crippen LogP contribution in [0, 0.1) is 0 Å². The number of para-hydroxylation sites is 1. The molecule has 1 unspecified atom stereocenters. The first-order valence-corrected chi connectivity index (χ1v) is 10.5. The Bertz CT molecular complexity index is 1200. The number of furan rings is 1. The molecule has 0 fully saturated rings. The molecule has 2 aromatic heterocycles. The Morgan fingerprint density at radius 2 is 1.93 bits per heavy atom. The highest BCUT2D eigenvalue weighted by molar-refractivity contribution is 7.98. The molecule has 1 aliphatic rings. The largest absolute Gasteiger partial charge is 0.455 e. The number of aromatic nitrogens is 3. The summed E-state index contributed by atoms with van der Waals surface area (Å²) in [5, 5.41) is 13.1. The van der Waals surface area contributed by atoms with Gasteiger partial charge in [0, 0.05) is 21.8 Å². The van der Waals surface area contributed by atoms with Crippen LogP contribution >= 0.6 is 23.4 Å². The van der Waals surface area contributed by atoms with Gasteiger partial charge in [0.1, 0.15) is 5.76 Å². The van der Waals surface area contributed by atoms with Crippen LogP contribution in [-0.2, 0) is 0 Å². The number of hydrogen-bond acceptors (Lipinski definition) is 7. The van der Waals surface area contributed by atoms with Crippen LogP contribution in [-0.4, -0.2) is 21.4 Å². The van der Waals surface area contributed by atoms with Crippen molar-refractivity contribution in [3.8, 4) is 28.5 Å². The van der Waals surface area contributed by atoms with Crippen molar-refractivity contribution in [1.29, 1.82) is 0 Å². The van der Waals surface area contributed by atoms with E-state index in [1.165, 1.54) is 11.8 Å². The number of thioether (sulfide) groups is 1. The highest BCUT2D eigenvalue weighted by Crippen LogP contribution is 2.40. The Morgan fingerprint density at radius 3 is 2.79 bits per heavy atom. The van der Waals surface area contributed by atoms with Gasteiger partial charge in [-0.05, 0) is 36.6 Å². The molecule has 3 heterocycles. The van der Waals surface area contributed by atoms with E-state index in [0.717, 1.165) is 16.8 Å². The fourth-order valence-electron chi connectivity index (χ4n) is 3.15. The van der Waals surface area contributed by atoms with Gasteiger partial charge in [-0.2, -0.15) is 4.98 Å². The second-order valence-corrected chi connectivity index (χ2v) is 7.56. The fourth-order valence-corrected chi connectivity index (χ4v) is 3.64. The Balaban J connectivity index is 1.57. The summed E-state index contributed by atoms with van der Waals surface area (Å²) in [7, 11) is 0. The highest BCUT2D eigenvalue weighted by Gasteiger charge is 2.27. The second kappa shape index (κ2) is 7.42. The lowest BCUT2D eigenvalue weighted by Crippen LogP contribution is -2.16. The molecule has 1 atom stereocenters. The number of benzene rings is 2. The third-order valence-electron chi connectivity index (χ3n) is 4.51. The molecule has 0 amide bonds. The zero-order valence-corrected chi connectivity index (χ0v) is 16.9. The van der Waals surface area contributed by atoms with Crippen LogP contribution in [0.1, 0.15) is 12.0 Å². The lowest BCUT2D eigenvalue weighted by atomic mass is 10.1. The van der Waals surface area contributed by atoms with Crippen LogP contribution in [0.5, 0.6) is 5.88 Å². The van der Waals surface area contributed by atoms with E-state index in [4.69, 9.17) is 20.8 Å². The average Bonchev–Trinajstić information content (AvgIpc) is 3.18. The van der Waals surface area contributed by atoms with E-state index in [9.17, 15) is 0 Å². The monoisotopic (exact) mass is 422 g/mol. The average molecular weight is 423 g/mol. The number of halogens is 1. The van der Waals surface area contributed by atoms with Crippen LogP contribution in [0.15, 0.2) is 70.2 Å². The van der Waals surface area contributed by atoms with Crippen LogP contribution in [0.3, 0.4) is 0 Å². The van der Waals surface area contributed by atoms with Crippen LogP contribution in [0.4, 0.5) is 5.69 Å². The predicted octanol–water partition coefficient (Wildman–Crippen LogP) is 5.68. The molecule has 0 saturated heterocycles. The van der Waals surface area contributed by atoms with Crippen molar-refractivity contribution < 1.29 is 9.15 Å². The van der Waals surface area contributed by atoms with E-state index in [-0.39, 0.29) is 0 Å². The minimum Gasteiger partial charge on any atom is -0.455 e. The van der Waals surface area contributed by atoms with Crippen LogP contribution in [0.25, 0.3) is 22.6 Å². The number of hydrogen-bond donors (Lipinski definition) is 1. The van der Waals surface area contributed by atoms with Crippen molar-refractivity contribution in [2.45, 2.75) is 11.4 Å². The van der Waals surface area contributed by atoms with Gasteiger partial charge in [-0.1, -0.05) is 53.7 Å². The number of ether oxygens (including phenoxy) is 1. The summed E-state index contributed by atoms with van der Waals surface area (Å²) in [5.41, 5.74) is 3.23. The number of fused-ring (bicyclic) bond motifs is 3. The van der Waals surface area contributed by atoms with Crippen LogP contribution in [0.2, 0.25) is 5.02 Å². The molecule has 6 nitrogen and oxygen atoms in total. The molecule has 0 radical (unpaired) electrons. The van der Waals surface area contributed by atoms with Crippen LogP contribution < -0.4 is 10.1 Å². The van der Waals surface area contributed by atoms with Gasteiger partial charge in [-0.25, -0.2) is 0 Å². The summed E-state index contributed by atoms with van der Waals surface area (Å²) in [6, 6.07) is 19.1. The Kier molecular flexibility index (Phi) is 4.61. The Labute approximate surface area is 176 Å². The topological polar surface area (TPSA) is 73.1 Å². The molecule has 8 heteroatoms. The molecule has 0 saturated carbocycles. The number of nitrogens with one attached hydrogen (secondary N) is 1. The normalized spacial score (nSPS) is 14.9. The summed E-state index contributed by atoms with van der Waals surface area (Å²) in [6.07, 6.45) is 1.32. The maximum absolute atomic E-state index is 6.18. The molecule has 144 valence electrons. The standard InChI is InChI=1S/C21H15ClN4O2S/c1-29-21-24-20-18(25-26-21)14-7-2-3-8-15(14)23-19(28-20)17-10-9-16(27-17)12-5-4-6-13(22)11-12/h2-11,19,23H,1H3. The number of anilines is 1. The van der Waals surface area contributed by atoms with E-state index in [0.29, 0.717) is 33.3 Å². The molecule has 2 aromatic carbocycles. The molecule has 29 heavy (non-hydrogen) atoms. The van der Waals surface area contributed by atoms with Gasteiger partial charge in [-0.15, -0.1) is 10.2 Å². The SMILES string of the molecule is CSc1nnc2c(n1)OC(c1ccc(-c3cccc(Cl)c3)o1)Nc1ccccc1-2. The van der Waals surface area contributed by atoms with E-state index in [1.54, 1.807) is 0 Å². The molecule has 4 aromatic rings. The molecule has 5 rings (SSSR count). The van der Waals surface area contributed by atoms with Gasteiger partial charge in [0.25, 0.3) is 0 Å². The molecule has 1 aliphatic heterocycles. The molecule has 0 spiro atoms. The number of nitrogens with zero attached hydrogens (tertiary/aromatic N) is 3. The fraction of sp³-hybridized carbons (Fsp3) is 0.0952. The smallest absolute Gasteiger partial charge is 0.247 e. The van der Waals surface area contributed by atoms with Gasteiger partial charge in [0.15, 0.2) is 11.5 Å². The summed E-state index contributed by atoms with van der Waals surface area (Å²) < 4.78 is 12.3. The lowest BCUT2D eigenvalue weighted by molar-refractivity contribution is 0.196. The van der Waals surface area contributed by atoms with Crippen molar-refractivity contribution in [1.82, 2.24) is 15.2 Å². The van der Waals surface area contributed by atoms with E-state index < -0.39 is 6.23 Å². The molecular formula is C21H15ClN4O2S. The van der Waals surface area contributed by atoms with Crippen molar-refractivity contribution >= 4 is 29.1 Å². The molecule has 0 aliphatic carbocycles. The first-order valence-electron chi connectivity index (χ1n) is 8.88. The maximum Gasteiger partial charge on any atom is 0.247 e. The minimum atomic E-state index is -0.572. The van der Waals surface area contributed by atoms with Crippen molar-refractivity contribution in [3.63, 3.8) is 0 Å². The molecule has 1 N–H and O–H groups in total. The predicted molar refractivity (Wildman–Crippen MR) is 113 cm³/mol. The van der Waals surface area contributed by atoms with E-state index in [2.05, 4.69) is 20.5 Å². The third kappa shape index (κ3) is 3.43. The lowest BCUT2D eigenvalue weighted by Gasteiger charge is -2.16. The third-order valence-corrected chi connectivity index (χ3v) is 5.28. The van der Waals surface area contributed by atoms with Gasteiger partial charge in [0.2, 0.25) is 17.3 Å². The van der Waals surface area contributed by atoms with E-state index in [1.807, 2.05) is 66.9 Å². The maximum atomic E-state index is 6.18. The summed E-state index contributed by atoms with van der Waals surface area (Å²) in [4.78, 5) is 4.51. The van der Waals surface area contributed by atoms with Gasteiger partial charge < -0.3 is 14.5 Å². The van der Waals surface area contributed by atoms with Crippen molar-refractivity contribution in [2.24, 2.45) is 0 Å². The highest BCUT2D eigenvalue weighted by atomic mass is 35.5. The first kappa shape index (κ1) is 18.0. The summed E-state index contributed by atoms with van der Waals surface area (Å²) in [5.74, 6) is 1.73. The molecular weight excluding hydrogens is 408 g/mol. The molecule has 0 bridgehead atoms. The second-order valence-electron chi connectivity index (χ2n) is 6.35. The van der Waals surface area contributed by atoms with Crippen molar-refractivity contribution in [3.05, 3.63) is 71.4 Å². The van der Waals surface area contributed by atoms with Gasteiger partial charge >= 0.3 is 0 Å². The zero-order chi connectivity index (χ0) is 19.8. The number of rotatable bonds is 3. The summed E-state index contributed by atoms with van der Waals surface area (Å²) in [6.45, 7) is 0.